The standard InChI is InChI=1S/C22H20N4O3S/c1-14(2)15-6-8-16(9-7-15)21-25-19(29-26-21)12-28-20(27)11-17-13-30-22(24-17)18-5-3-4-10-23-18/h3-10,13-14H,11-12H2,1-2H3. The molecule has 0 aliphatic rings. The fraction of sp³-hybridized carbons (Fsp3) is 0.227. The summed E-state index contributed by atoms with van der Waals surface area (Å²) in [5.41, 5.74) is 3.51. The molecular weight excluding hydrogens is 400 g/mol. The van der Waals surface area contributed by atoms with E-state index in [4.69, 9.17) is 9.26 Å². The Kier molecular flexibility index (Phi) is 5.94. The molecule has 3 heterocycles. The van der Waals surface area contributed by atoms with E-state index >= 15 is 0 Å². The van der Waals surface area contributed by atoms with Crippen LogP contribution in [0.25, 0.3) is 22.1 Å². The van der Waals surface area contributed by atoms with Crippen molar-refractivity contribution < 1.29 is 14.1 Å². The van der Waals surface area contributed by atoms with Crippen LogP contribution >= 0.6 is 11.3 Å². The Hall–Kier alpha value is -3.39. The topological polar surface area (TPSA) is 91.0 Å². The van der Waals surface area contributed by atoms with E-state index in [1.807, 2.05) is 47.8 Å². The van der Waals surface area contributed by atoms with Gasteiger partial charge in [-0.25, -0.2) is 4.98 Å². The van der Waals surface area contributed by atoms with Crippen LogP contribution in [0.5, 0.6) is 0 Å². The van der Waals surface area contributed by atoms with Gasteiger partial charge in [0.05, 0.1) is 17.8 Å². The zero-order valence-corrected chi connectivity index (χ0v) is 17.4. The number of carbonyl (C=O) groups is 1. The zero-order chi connectivity index (χ0) is 20.9. The first-order valence-electron chi connectivity index (χ1n) is 9.53. The van der Waals surface area contributed by atoms with Crippen LogP contribution in [0.3, 0.4) is 0 Å². The third-order valence-electron chi connectivity index (χ3n) is 4.42. The van der Waals surface area contributed by atoms with E-state index < -0.39 is 5.97 Å². The van der Waals surface area contributed by atoms with Crippen LogP contribution in [0.1, 0.15) is 36.9 Å². The van der Waals surface area contributed by atoms with Crippen molar-refractivity contribution in [1.29, 1.82) is 0 Å². The summed E-state index contributed by atoms with van der Waals surface area (Å²) >= 11 is 1.44. The molecule has 8 heteroatoms. The van der Waals surface area contributed by atoms with Gasteiger partial charge in [-0.3, -0.25) is 9.78 Å². The molecule has 0 saturated heterocycles. The normalized spacial score (nSPS) is 11.0. The van der Waals surface area contributed by atoms with Crippen molar-refractivity contribution in [3.05, 3.63) is 71.2 Å². The molecule has 0 bridgehead atoms. The SMILES string of the molecule is CC(C)c1ccc(-c2noc(COC(=O)Cc3csc(-c4ccccn4)n3)n2)cc1. The number of pyridine rings is 1. The number of benzene rings is 1. The molecule has 3 aromatic heterocycles. The summed E-state index contributed by atoms with van der Waals surface area (Å²) < 4.78 is 10.5. The number of rotatable bonds is 7. The highest BCUT2D eigenvalue weighted by Gasteiger charge is 2.14. The average Bonchev–Trinajstić information content (AvgIpc) is 3.43. The van der Waals surface area contributed by atoms with Gasteiger partial charge in [-0.15, -0.1) is 11.3 Å². The summed E-state index contributed by atoms with van der Waals surface area (Å²) in [5.74, 6) is 0.764. The van der Waals surface area contributed by atoms with Gasteiger partial charge < -0.3 is 9.26 Å². The maximum Gasteiger partial charge on any atom is 0.312 e. The van der Waals surface area contributed by atoms with Gasteiger partial charge >= 0.3 is 5.97 Å². The minimum absolute atomic E-state index is 0.0704. The van der Waals surface area contributed by atoms with E-state index in [1.165, 1.54) is 16.9 Å². The maximum absolute atomic E-state index is 12.1. The highest BCUT2D eigenvalue weighted by Crippen LogP contribution is 2.22. The quantitative estimate of drug-likeness (QED) is 0.401. The van der Waals surface area contributed by atoms with Gasteiger partial charge in [0.25, 0.3) is 5.89 Å². The lowest BCUT2D eigenvalue weighted by atomic mass is 10.0. The molecule has 0 spiro atoms. The van der Waals surface area contributed by atoms with Gasteiger partial charge in [-0.05, 0) is 23.6 Å². The molecule has 30 heavy (non-hydrogen) atoms. The molecule has 0 amide bonds. The van der Waals surface area contributed by atoms with Crippen LogP contribution in [-0.2, 0) is 22.6 Å². The molecule has 0 unspecified atom stereocenters. The number of aromatic nitrogens is 4. The number of carbonyl (C=O) groups excluding carboxylic acids is 1. The van der Waals surface area contributed by atoms with Gasteiger partial charge in [-0.1, -0.05) is 49.3 Å². The molecule has 4 rings (SSSR count). The van der Waals surface area contributed by atoms with Crippen molar-refractivity contribution in [3.63, 3.8) is 0 Å². The number of thiazole rings is 1. The minimum atomic E-state index is -0.408. The smallest absolute Gasteiger partial charge is 0.312 e. The first-order valence-corrected chi connectivity index (χ1v) is 10.4. The molecule has 0 aliphatic heterocycles. The highest BCUT2D eigenvalue weighted by atomic mass is 32.1. The molecule has 7 nitrogen and oxygen atoms in total. The second kappa shape index (κ2) is 8.96. The van der Waals surface area contributed by atoms with Crippen LogP contribution in [-0.4, -0.2) is 26.1 Å². The zero-order valence-electron chi connectivity index (χ0n) is 16.6. The summed E-state index contributed by atoms with van der Waals surface area (Å²) in [6, 6.07) is 13.6. The summed E-state index contributed by atoms with van der Waals surface area (Å²) in [5, 5.41) is 6.56. The first kappa shape index (κ1) is 19.9. The molecular formula is C22H20N4O3S. The van der Waals surface area contributed by atoms with E-state index in [0.717, 1.165) is 16.3 Å². The van der Waals surface area contributed by atoms with Crippen molar-refractivity contribution in [2.45, 2.75) is 32.8 Å². The molecule has 0 N–H and O–H groups in total. The van der Waals surface area contributed by atoms with E-state index in [9.17, 15) is 4.79 Å². The Labute approximate surface area is 177 Å². The lowest BCUT2D eigenvalue weighted by Crippen LogP contribution is -2.08. The van der Waals surface area contributed by atoms with Gasteiger partial charge in [0, 0.05) is 17.1 Å². The fourth-order valence-electron chi connectivity index (χ4n) is 2.78. The van der Waals surface area contributed by atoms with Gasteiger partial charge in [0.2, 0.25) is 5.82 Å². The van der Waals surface area contributed by atoms with Crippen molar-refractivity contribution in [2.24, 2.45) is 0 Å². The third kappa shape index (κ3) is 4.77. The number of hydrogen-bond acceptors (Lipinski definition) is 8. The predicted molar refractivity (Wildman–Crippen MR) is 113 cm³/mol. The van der Waals surface area contributed by atoms with Crippen LogP contribution in [0, 0.1) is 0 Å². The average molecular weight is 420 g/mol. The molecule has 0 radical (unpaired) electrons. The fourth-order valence-corrected chi connectivity index (χ4v) is 3.58. The summed E-state index contributed by atoms with van der Waals surface area (Å²) in [4.78, 5) is 25.2. The molecule has 0 fully saturated rings. The Morgan fingerprint density at radius 1 is 1.13 bits per heavy atom. The summed E-state index contributed by atoms with van der Waals surface area (Å²) in [6.07, 6.45) is 1.78. The maximum atomic E-state index is 12.1. The van der Waals surface area contributed by atoms with Gasteiger partial charge in [-0.2, -0.15) is 4.98 Å². The van der Waals surface area contributed by atoms with E-state index in [2.05, 4.69) is 34.0 Å². The molecule has 0 aliphatic carbocycles. The molecule has 1 aromatic carbocycles. The Balaban J connectivity index is 1.32. The Morgan fingerprint density at radius 3 is 2.70 bits per heavy atom. The van der Waals surface area contributed by atoms with Gasteiger partial charge in [0.1, 0.15) is 5.01 Å². The van der Waals surface area contributed by atoms with Crippen LogP contribution in [0.4, 0.5) is 0 Å². The van der Waals surface area contributed by atoms with Crippen LogP contribution in [0.15, 0.2) is 58.6 Å². The van der Waals surface area contributed by atoms with Crippen LogP contribution < -0.4 is 0 Å². The third-order valence-corrected chi connectivity index (χ3v) is 5.34. The monoisotopic (exact) mass is 420 g/mol. The van der Waals surface area contributed by atoms with Crippen molar-refractivity contribution in [2.75, 3.05) is 0 Å². The summed E-state index contributed by atoms with van der Waals surface area (Å²) in [6.45, 7) is 4.20. The number of hydrogen-bond donors (Lipinski definition) is 0. The number of esters is 1. The van der Waals surface area contributed by atoms with E-state index in [-0.39, 0.29) is 18.9 Å². The molecule has 0 atom stereocenters. The van der Waals surface area contributed by atoms with Crippen molar-refractivity contribution >= 4 is 17.3 Å². The van der Waals surface area contributed by atoms with Crippen LogP contribution in [0.2, 0.25) is 0 Å². The first-order chi connectivity index (χ1) is 14.6. The predicted octanol–water partition coefficient (Wildman–Crippen LogP) is 4.66. The van der Waals surface area contributed by atoms with Crippen molar-refractivity contribution in [1.82, 2.24) is 20.1 Å². The number of ether oxygens (including phenoxy) is 1. The number of nitrogens with zero attached hydrogens (tertiary/aromatic N) is 4. The lowest BCUT2D eigenvalue weighted by molar-refractivity contribution is -0.144. The highest BCUT2D eigenvalue weighted by molar-refractivity contribution is 7.13. The molecule has 0 saturated carbocycles. The Bertz CT molecular complexity index is 1120. The Morgan fingerprint density at radius 2 is 1.97 bits per heavy atom. The van der Waals surface area contributed by atoms with Gasteiger partial charge in [0.15, 0.2) is 6.61 Å². The van der Waals surface area contributed by atoms with E-state index in [1.54, 1.807) is 6.20 Å². The van der Waals surface area contributed by atoms with Crippen molar-refractivity contribution in [3.8, 4) is 22.1 Å². The second-order valence-corrected chi connectivity index (χ2v) is 7.84. The lowest BCUT2D eigenvalue weighted by Gasteiger charge is -2.04. The minimum Gasteiger partial charge on any atom is -0.455 e. The van der Waals surface area contributed by atoms with E-state index in [0.29, 0.717) is 17.4 Å². The molecule has 4 aromatic rings. The second-order valence-electron chi connectivity index (χ2n) is 6.98. The molecule has 152 valence electrons. The largest absolute Gasteiger partial charge is 0.455 e. The summed E-state index contributed by atoms with van der Waals surface area (Å²) in [7, 11) is 0.